The third-order valence-corrected chi connectivity index (χ3v) is 4.19. The first-order valence-corrected chi connectivity index (χ1v) is 8.11. The molecule has 0 fully saturated rings. The second-order valence-electron chi connectivity index (χ2n) is 5.82. The van der Waals surface area contributed by atoms with E-state index in [1.165, 1.54) is 0 Å². The molecule has 0 unspecified atom stereocenters. The van der Waals surface area contributed by atoms with Crippen molar-refractivity contribution >= 4 is 10.9 Å². The summed E-state index contributed by atoms with van der Waals surface area (Å²) in [6, 6.07) is 15.3. The molecule has 0 saturated carbocycles. The number of pyridine rings is 1. The van der Waals surface area contributed by atoms with Crippen molar-refractivity contribution in [2.45, 2.75) is 6.92 Å². The first-order chi connectivity index (χ1) is 12.7. The first kappa shape index (κ1) is 16.1. The molecule has 130 valence electrons. The Kier molecular flexibility index (Phi) is 4.01. The predicted octanol–water partition coefficient (Wildman–Crippen LogP) is 4.28. The van der Waals surface area contributed by atoms with Crippen LogP contribution >= 0.6 is 0 Å². The van der Waals surface area contributed by atoms with E-state index < -0.39 is 0 Å². The highest BCUT2D eigenvalue weighted by molar-refractivity contribution is 5.84. The summed E-state index contributed by atoms with van der Waals surface area (Å²) < 4.78 is 16.4. The summed E-state index contributed by atoms with van der Waals surface area (Å²) in [6.07, 6.45) is 0. The van der Waals surface area contributed by atoms with Gasteiger partial charge >= 0.3 is 0 Å². The minimum absolute atomic E-state index is 0.436. The minimum Gasteiger partial charge on any atom is -0.497 e. The van der Waals surface area contributed by atoms with Crippen molar-refractivity contribution < 1.29 is 13.9 Å². The van der Waals surface area contributed by atoms with Gasteiger partial charge in [-0.05, 0) is 43.3 Å². The molecular formula is C20H17N3O3. The molecule has 0 radical (unpaired) electrons. The van der Waals surface area contributed by atoms with Crippen molar-refractivity contribution in [3.8, 4) is 34.4 Å². The Morgan fingerprint density at radius 1 is 0.846 bits per heavy atom. The number of nitrogens with zero attached hydrogens (tertiary/aromatic N) is 3. The average molecular weight is 347 g/mol. The highest BCUT2D eigenvalue weighted by Crippen LogP contribution is 2.30. The normalized spacial score (nSPS) is 10.9. The van der Waals surface area contributed by atoms with Gasteiger partial charge in [0.2, 0.25) is 11.8 Å². The van der Waals surface area contributed by atoms with Gasteiger partial charge in [0.15, 0.2) is 0 Å². The van der Waals surface area contributed by atoms with E-state index in [4.69, 9.17) is 13.9 Å². The molecule has 0 amide bonds. The zero-order chi connectivity index (χ0) is 18.1. The summed E-state index contributed by atoms with van der Waals surface area (Å²) in [7, 11) is 3.26. The molecule has 2 aromatic carbocycles. The van der Waals surface area contributed by atoms with Gasteiger partial charge in [-0.1, -0.05) is 6.07 Å². The van der Waals surface area contributed by atoms with E-state index in [2.05, 4.69) is 15.2 Å². The Balaban J connectivity index is 1.76. The Hall–Kier alpha value is -3.41. The minimum atomic E-state index is 0.436. The van der Waals surface area contributed by atoms with E-state index in [9.17, 15) is 0 Å². The van der Waals surface area contributed by atoms with Crippen LogP contribution in [0.25, 0.3) is 33.8 Å². The number of hydrogen-bond donors (Lipinski definition) is 0. The third kappa shape index (κ3) is 2.86. The van der Waals surface area contributed by atoms with Crippen molar-refractivity contribution in [1.29, 1.82) is 0 Å². The van der Waals surface area contributed by atoms with Crippen LogP contribution in [0.1, 0.15) is 5.69 Å². The van der Waals surface area contributed by atoms with Crippen molar-refractivity contribution in [2.75, 3.05) is 14.2 Å². The summed E-state index contributed by atoms with van der Waals surface area (Å²) in [6.45, 7) is 1.92. The fourth-order valence-corrected chi connectivity index (χ4v) is 2.79. The molecule has 0 saturated heterocycles. The molecule has 0 aliphatic carbocycles. The quantitative estimate of drug-likeness (QED) is 0.549. The molecule has 0 atom stereocenters. The molecule has 0 aliphatic rings. The topological polar surface area (TPSA) is 70.3 Å². The van der Waals surface area contributed by atoms with E-state index in [-0.39, 0.29) is 0 Å². The number of ether oxygens (including phenoxy) is 2. The molecule has 0 N–H and O–H groups in total. The molecule has 2 heterocycles. The van der Waals surface area contributed by atoms with Gasteiger partial charge in [0.25, 0.3) is 0 Å². The van der Waals surface area contributed by atoms with Gasteiger partial charge in [-0.3, -0.25) is 4.98 Å². The lowest BCUT2D eigenvalue weighted by Crippen LogP contribution is -1.91. The monoisotopic (exact) mass is 347 g/mol. The summed E-state index contributed by atoms with van der Waals surface area (Å²) in [4.78, 5) is 4.64. The van der Waals surface area contributed by atoms with E-state index in [0.29, 0.717) is 11.8 Å². The maximum absolute atomic E-state index is 5.89. The lowest BCUT2D eigenvalue weighted by molar-refractivity contribution is 0.414. The lowest BCUT2D eigenvalue weighted by Gasteiger charge is -2.06. The predicted molar refractivity (Wildman–Crippen MR) is 98.3 cm³/mol. The number of fused-ring (bicyclic) bond motifs is 1. The maximum atomic E-state index is 5.89. The van der Waals surface area contributed by atoms with E-state index >= 15 is 0 Å². The molecular weight excluding hydrogens is 330 g/mol. The van der Waals surface area contributed by atoms with Gasteiger partial charge < -0.3 is 13.9 Å². The van der Waals surface area contributed by atoms with Crippen LogP contribution in [-0.2, 0) is 0 Å². The number of methoxy groups -OCH3 is 2. The summed E-state index contributed by atoms with van der Waals surface area (Å²) in [5.74, 6) is 2.38. The van der Waals surface area contributed by atoms with Crippen LogP contribution in [0.5, 0.6) is 11.5 Å². The number of rotatable bonds is 4. The Labute approximate surface area is 150 Å². The van der Waals surface area contributed by atoms with Gasteiger partial charge in [-0.25, -0.2) is 0 Å². The van der Waals surface area contributed by atoms with Gasteiger partial charge in [0.05, 0.1) is 31.0 Å². The zero-order valence-corrected chi connectivity index (χ0v) is 14.7. The standard InChI is InChI=1S/C20H17N3O3/c1-12-17(10-13-7-8-16(25-3)11-18(13)21-12)20-23-22-19(26-20)14-5-4-6-15(9-14)24-2/h4-11H,1-3H3. The van der Waals surface area contributed by atoms with Crippen LogP contribution in [0.3, 0.4) is 0 Å². The van der Waals surface area contributed by atoms with E-state index in [0.717, 1.165) is 39.2 Å². The molecule has 6 nitrogen and oxygen atoms in total. The van der Waals surface area contributed by atoms with Gasteiger partial charge in [0, 0.05) is 17.0 Å². The SMILES string of the molecule is COc1cccc(-c2nnc(-c3cc4ccc(OC)cc4nc3C)o2)c1. The van der Waals surface area contributed by atoms with Crippen molar-refractivity contribution in [1.82, 2.24) is 15.2 Å². The smallest absolute Gasteiger partial charge is 0.250 e. The highest BCUT2D eigenvalue weighted by Gasteiger charge is 2.15. The molecule has 2 aromatic heterocycles. The van der Waals surface area contributed by atoms with Crippen LogP contribution in [0, 0.1) is 6.92 Å². The first-order valence-electron chi connectivity index (χ1n) is 8.11. The molecule has 26 heavy (non-hydrogen) atoms. The van der Waals surface area contributed by atoms with Crippen molar-refractivity contribution in [3.05, 3.63) is 54.2 Å². The molecule has 0 aliphatic heterocycles. The van der Waals surface area contributed by atoms with Crippen LogP contribution in [0.15, 0.2) is 52.9 Å². The fourth-order valence-electron chi connectivity index (χ4n) is 2.79. The van der Waals surface area contributed by atoms with E-state index in [1.54, 1.807) is 14.2 Å². The van der Waals surface area contributed by atoms with Gasteiger partial charge in [-0.15, -0.1) is 10.2 Å². The van der Waals surface area contributed by atoms with Gasteiger partial charge in [0.1, 0.15) is 11.5 Å². The van der Waals surface area contributed by atoms with Crippen LogP contribution in [-0.4, -0.2) is 29.4 Å². The molecule has 0 spiro atoms. The van der Waals surface area contributed by atoms with Gasteiger partial charge in [-0.2, -0.15) is 0 Å². The number of hydrogen-bond acceptors (Lipinski definition) is 6. The third-order valence-electron chi connectivity index (χ3n) is 4.19. The second-order valence-corrected chi connectivity index (χ2v) is 5.82. The highest BCUT2D eigenvalue weighted by atomic mass is 16.5. The Morgan fingerprint density at radius 2 is 1.62 bits per heavy atom. The average Bonchev–Trinajstić information content (AvgIpc) is 3.17. The zero-order valence-electron chi connectivity index (χ0n) is 14.7. The van der Waals surface area contributed by atoms with Crippen LogP contribution in [0.2, 0.25) is 0 Å². The summed E-state index contributed by atoms with van der Waals surface area (Å²) in [5, 5.41) is 9.34. The molecule has 4 rings (SSSR count). The summed E-state index contributed by atoms with van der Waals surface area (Å²) in [5.41, 5.74) is 3.29. The number of aromatic nitrogens is 3. The van der Waals surface area contributed by atoms with Crippen LogP contribution in [0.4, 0.5) is 0 Å². The van der Waals surface area contributed by atoms with Crippen molar-refractivity contribution in [3.63, 3.8) is 0 Å². The lowest BCUT2D eigenvalue weighted by atomic mass is 10.1. The molecule has 4 aromatic rings. The maximum Gasteiger partial charge on any atom is 0.250 e. The largest absolute Gasteiger partial charge is 0.497 e. The second kappa shape index (κ2) is 6.48. The Bertz CT molecular complexity index is 1090. The van der Waals surface area contributed by atoms with E-state index in [1.807, 2.05) is 55.5 Å². The Morgan fingerprint density at radius 3 is 2.42 bits per heavy atom. The molecule has 6 heteroatoms. The van der Waals surface area contributed by atoms with Crippen molar-refractivity contribution in [2.24, 2.45) is 0 Å². The van der Waals surface area contributed by atoms with Crippen LogP contribution < -0.4 is 9.47 Å². The summed E-state index contributed by atoms with van der Waals surface area (Å²) >= 11 is 0. The number of aryl methyl sites for hydroxylation is 1. The fraction of sp³-hybridized carbons (Fsp3) is 0.150. The number of benzene rings is 2. The molecule has 0 bridgehead atoms.